The zero-order valence-corrected chi connectivity index (χ0v) is 13.0. The molecule has 1 saturated heterocycles. The molecule has 1 aromatic carbocycles. The monoisotopic (exact) mass is 260 g/mol. The van der Waals surface area contributed by atoms with Crippen LogP contribution in [0.4, 0.5) is 0 Å². The fourth-order valence-corrected chi connectivity index (χ4v) is 2.48. The molecule has 0 bridgehead atoms. The average Bonchev–Trinajstić information content (AvgIpc) is 2.46. The molecule has 1 heterocycles. The van der Waals surface area contributed by atoms with Crippen LogP contribution >= 0.6 is 0 Å². The Morgan fingerprint density at radius 2 is 1.58 bits per heavy atom. The minimum atomic E-state index is -0.222. The Labute approximate surface area is 117 Å². The highest BCUT2D eigenvalue weighted by Crippen LogP contribution is 2.38. The van der Waals surface area contributed by atoms with Crippen LogP contribution in [0.2, 0.25) is 6.32 Å². The van der Waals surface area contributed by atoms with E-state index in [4.69, 9.17) is 9.31 Å². The van der Waals surface area contributed by atoms with Gasteiger partial charge in [0.15, 0.2) is 0 Å². The van der Waals surface area contributed by atoms with Crippen molar-refractivity contribution in [3.63, 3.8) is 0 Å². The zero-order chi connectivity index (χ0) is 14.3. The Hall–Kier alpha value is -0.795. The van der Waals surface area contributed by atoms with Crippen molar-refractivity contribution < 1.29 is 9.31 Å². The lowest BCUT2D eigenvalue weighted by molar-refractivity contribution is 0.00578. The molecule has 1 aliphatic heterocycles. The summed E-state index contributed by atoms with van der Waals surface area (Å²) in [6.07, 6.45) is 1.92. The Morgan fingerprint density at radius 3 is 2.11 bits per heavy atom. The molecule has 0 aromatic heterocycles. The summed E-state index contributed by atoms with van der Waals surface area (Å²) in [4.78, 5) is 0. The van der Waals surface area contributed by atoms with Crippen molar-refractivity contribution in [2.45, 2.75) is 65.5 Å². The molecule has 0 spiro atoms. The van der Waals surface area contributed by atoms with Gasteiger partial charge in [0.2, 0.25) is 0 Å². The van der Waals surface area contributed by atoms with Gasteiger partial charge in [0.05, 0.1) is 11.2 Å². The summed E-state index contributed by atoms with van der Waals surface area (Å²) in [6, 6.07) is 6.63. The molecule has 1 aromatic rings. The zero-order valence-electron chi connectivity index (χ0n) is 13.0. The van der Waals surface area contributed by atoms with Gasteiger partial charge in [0.1, 0.15) is 0 Å². The second kappa shape index (κ2) is 4.95. The summed E-state index contributed by atoms with van der Waals surface area (Å²) < 4.78 is 12.1. The van der Waals surface area contributed by atoms with Gasteiger partial charge in [0.25, 0.3) is 0 Å². The molecule has 3 heteroatoms. The number of aryl methyl sites for hydroxylation is 3. The molecule has 2 nitrogen and oxygen atoms in total. The predicted molar refractivity (Wildman–Crippen MR) is 80.5 cm³/mol. The van der Waals surface area contributed by atoms with Crippen LogP contribution in [0.3, 0.4) is 0 Å². The van der Waals surface area contributed by atoms with Crippen molar-refractivity contribution in [3.05, 3.63) is 34.9 Å². The Balaban J connectivity index is 1.97. The highest BCUT2D eigenvalue weighted by Gasteiger charge is 2.50. The third-order valence-electron chi connectivity index (χ3n) is 4.45. The number of hydrogen-bond acceptors (Lipinski definition) is 2. The first-order valence-electron chi connectivity index (χ1n) is 7.13. The largest absolute Gasteiger partial charge is 0.458 e. The third-order valence-corrected chi connectivity index (χ3v) is 4.45. The van der Waals surface area contributed by atoms with Crippen molar-refractivity contribution in [1.29, 1.82) is 0 Å². The smallest absolute Gasteiger partial charge is 0.403 e. The second-order valence-electron chi connectivity index (χ2n) is 6.65. The van der Waals surface area contributed by atoms with Gasteiger partial charge in [-0.05, 0) is 65.4 Å². The Kier molecular flexibility index (Phi) is 3.81. The fourth-order valence-electron chi connectivity index (χ4n) is 2.48. The minimum absolute atomic E-state index is 0.0919. The Morgan fingerprint density at radius 1 is 1.00 bits per heavy atom. The summed E-state index contributed by atoms with van der Waals surface area (Å²) in [5, 5.41) is 0. The molecular formula is C16H25BO2. The maximum atomic E-state index is 6.03. The van der Waals surface area contributed by atoms with E-state index in [9.17, 15) is 0 Å². The number of benzene rings is 1. The standard InChI is InChI=1S/C16H25BO2/c1-12-7-8-14(13(2)11-12)9-10-17-18-15(3,4)16(5,6)19-17/h7-8,11H,9-10H2,1-6H3. The van der Waals surface area contributed by atoms with Crippen molar-refractivity contribution in [2.24, 2.45) is 0 Å². The Bertz CT molecular complexity index is 450. The van der Waals surface area contributed by atoms with Crippen molar-refractivity contribution in [3.8, 4) is 0 Å². The molecule has 0 N–H and O–H groups in total. The van der Waals surface area contributed by atoms with Gasteiger partial charge >= 0.3 is 7.12 Å². The molecule has 0 unspecified atom stereocenters. The topological polar surface area (TPSA) is 18.5 Å². The maximum absolute atomic E-state index is 6.03. The molecule has 2 rings (SSSR count). The second-order valence-corrected chi connectivity index (χ2v) is 6.65. The van der Waals surface area contributed by atoms with E-state index in [1.807, 2.05) is 0 Å². The van der Waals surface area contributed by atoms with E-state index < -0.39 is 0 Å². The minimum Gasteiger partial charge on any atom is -0.403 e. The highest BCUT2D eigenvalue weighted by atomic mass is 16.7. The van der Waals surface area contributed by atoms with E-state index in [0.717, 1.165) is 12.7 Å². The van der Waals surface area contributed by atoms with E-state index in [1.54, 1.807) is 0 Å². The molecule has 0 amide bonds. The molecule has 104 valence electrons. The summed E-state index contributed by atoms with van der Waals surface area (Å²) in [7, 11) is -0.0919. The first-order chi connectivity index (χ1) is 8.71. The normalized spacial score (nSPS) is 20.8. The number of hydrogen-bond donors (Lipinski definition) is 0. The van der Waals surface area contributed by atoms with Gasteiger partial charge in [-0.25, -0.2) is 0 Å². The lowest BCUT2D eigenvalue weighted by Crippen LogP contribution is -2.41. The van der Waals surface area contributed by atoms with Crippen LogP contribution in [0.1, 0.15) is 44.4 Å². The van der Waals surface area contributed by atoms with E-state index in [-0.39, 0.29) is 18.3 Å². The summed E-state index contributed by atoms with van der Waals surface area (Å²) in [5.41, 5.74) is 3.62. The van der Waals surface area contributed by atoms with Crippen molar-refractivity contribution in [1.82, 2.24) is 0 Å². The predicted octanol–water partition coefficient (Wildman–Crippen LogP) is 3.94. The van der Waals surface area contributed by atoms with Gasteiger partial charge < -0.3 is 9.31 Å². The number of rotatable bonds is 3. The molecule has 1 aliphatic rings. The molecule has 19 heavy (non-hydrogen) atoms. The van der Waals surface area contributed by atoms with E-state index in [1.165, 1.54) is 16.7 Å². The van der Waals surface area contributed by atoms with Crippen LogP contribution in [-0.4, -0.2) is 18.3 Å². The maximum Gasteiger partial charge on any atom is 0.458 e. The molecular weight excluding hydrogens is 235 g/mol. The molecule has 1 fully saturated rings. The van der Waals surface area contributed by atoms with E-state index in [0.29, 0.717) is 0 Å². The van der Waals surface area contributed by atoms with Crippen LogP contribution in [0.25, 0.3) is 0 Å². The van der Waals surface area contributed by atoms with Gasteiger partial charge in [-0.3, -0.25) is 0 Å². The summed E-state index contributed by atoms with van der Waals surface area (Å²) in [6.45, 7) is 12.7. The summed E-state index contributed by atoms with van der Waals surface area (Å²) >= 11 is 0. The summed E-state index contributed by atoms with van der Waals surface area (Å²) in [5.74, 6) is 0. The van der Waals surface area contributed by atoms with Crippen LogP contribution in [0, 0.1) is 13.8 Å². The van der Waals surface area contributed by atoms with Gasteiger partial charge in [-0.15, -0.1) is 0 Å². The average molecular weight is 260 g/mol. The van der Waals surface area contributed by atoms with Crippen LogP contribution < -0.4 is 0 Å². The highest BCUT2D eigenvalue weighted by molar-refractivity contribution is 6.45. The van der Waals surface area contributed by atoms with Crippen molar-refractivity contribution >= 4 is 7.12 Å². The van der Waals surface area contributed by atoms with Crippen molar-refractivity contribution in [2.75, 3.05) is 0 Å². The molecule has 0 aliphatic carbocycles. The lowest BCUT2D eigenvalue weighted by atomic mass is 9.81. The van der Waals surface area contributed by atoms with Crippen LogP contribution in [0.15, 0.2) is 18.2 Å². The van der Waals surface area contributed by atoms with Crippen LogP contribution in [0.5, 0.6) is 0 Å². The molecule has 0 radical (unpaired) electrons. The fraction of sp³-hybridized carbons (Fsp3) is 0.625. The molecule has 0 atom stereocenters. The van der Waals surface area contributed by atoms with E-state index in [2.05, 4.69) is 59.7 Å². The van der Waals surface area contributed by atoms with Gasteiger partial charge in [-0.1, -0.05) is 23.8 Å². The first kappa shape index (κ1) is 14.6. The lowest BCUT2D eigenvalue weighted by Gasteiger charge is -2.32. The van der Waals surface area contributed by atoms with Gasteiger partial charge in [-0.2, -0.15) is 0 Å². The third kappa shape index (κ3) is 3.03. The van der Waals surface area contributed by atoms with E-state index >= 15 is 0 Å². The molecule has 0 saturated carbocycles. The quantitative estimate of drug-likeness (QED) is 0.766. The van der Waals surface area contributed by atoms with Gasteiger partial charge in [0, 0.05) is 0 Å². The first-order valence-corrected chi connectivity index (χ1v) is 7.13. The SMILES string of the molecule is Cc1ccc(CCB2OC(C)(C)C(C)(C)O2)c(C)c1. The van der Waals surface area contributed by atoms with Crippen LogP contribution in [-0.2, 0) is 15.7 Å².